The fourth-order valence-electron chi connectivity index (χ4n) is 3.77. The van der Waals surface area contributed by atoms with Crippen LogP contribution in [0.4, 0.5) is 0 Å². The maximum atomic E-state index is 12.5. The Bertz CT molecular complexity index is 310. The predicted octanol–water partition coefficient (Wildman–Crippen LogP) is 0.525. The van der Waals surface area contributed by atoms with Gasteiger partial charge in [0, 0.05) is 38.6 Å². The topological polar surface area (TPSA) is 49.6 Å². The lowest BCUT2D eigenvalue weighted by Crippen LogP contribution is -2.39. The lowest BCUT2D eigenvalue weighted by Gasteiger charge is -2.25. The standard InChI is InChI=1S/C14H25N3O/c15-2-5-16-3-1-4-17(7-6-16)14(18)13-9-11-8-12(11)10-13/h11-13H,1-10,15H2. The first-order valence-corrected chi connectivity index (χ1v) is 7.49. The van der Waals surface area contributed by atoms with E-state index in [-0.39, 0.29) is 0 Å². The number of fused-ring (bicyclic) bond motifs is 1. The molecular weight excluding hydrogens is 226 g/mol. The average Bonchev–Trinajstić information content (AvgIpc) is 3.06. The molecule has 0 aromatic heterocycles. The Hall–Kier alpha value is -0.610. The molecule has 4 heteroatoms. The molecule has 2 atom stereocenters. The second-order valence-corrected chi connectivity index (χ2v) is 6.23. The molecule has 1 aliphatic heterocycles. The third-order valence-electron chi connectivity index (χ3n) is 4.94. The number of nitrogens with two attached hydrogens (primary N) is 1. The smallest absolute Gasteiger partial charge is 0.225 e. The normalized spacial score (nSPS) is 36.3. The number of carbonyl (C=O) groups excluding carboxylic acids is 1. The Labute approximate surface area is 109 Å². The number of amides is 1. The van der Waals surface area contributed by atoms with Crippen LogP contribution in [0.5, 0.6) is 0 Å². The predicted molar refractivity (Wildman–Crippen MR) is 71.0 cm³/mol. The summed E-state index contributed by atoms with van der Waals surface area (Å²) >= 11 is 0. The second kappa shape index (κ2) is 5.17. The highest BCUT2D eigenvalue weighted by molar-refractivity contribution is 5.79. The van der Waals surface area contributed by atoms with Crippen molar-refractivity contribution in [3.8, 4) is 0 Å². The van der Waals surface area contributed by atoms with Crippen molar-refractivity contribution in [1.82, 2.24) is 9.80 Å². The van der Waals surface area contributed by atoms with Gasteiger partial charge in [-0.05, 0) is 44.1 Å². The SMILES string of the molecule is NCCN1CCCN(C(=O)C2CC3CC3C2)CC1. The first kappa shape index (κ1) is 12.4. The molecule has 0 radical (unpaired) electrons. The third-order valence-corrected chi connectivity index (χ3v) is 4.94. The van der Waals surface area contributed by atoms with Crippen LogP contribution in [0.3, 0.4) is 0 Å². The number of carbonyl (C=O) groups is 1. The van der Waals surface area contributed by atoms with E-state index in [0.29, 0.717) is 11.8 Å². The molecule has 0 aromatic rings. The van der Waals surface area contributed by atoms with E-state index in [1.165, 1.54) is 19.3 Å². The third kappa shape index (κ3) is 2.54. The Morgan fingerprint density at radius 1 is 1.06 bits per heavy atom. The molecule has 2 aliphatic carbocycles. The van der Waals surface area contributed by atoms with Gasteiger partial charge in [-0.2, -0.15) is 0 Å². The first-order chi connectivity index (χ1) is 8.78. The summed E-state index contributed by atoms with van der Waals surface area (Å²) in [7, 11) is 0. The van der Waals surface area contributed by atoms with Crippen molar-refractivity contribution in [2.24, 2.45) is 23.5 Å². The monoisotopic (exact) mass is 251 g/mol. The molecule has 1 heterocycles. The Balaban J connectivity index is 1.51. The van der Waals surface area contributed by atoms with Gasteiger partial charge in [0.1, 0.15) is 0 Å². The molecule has 2 unspecified atom stereocenters. The van der Waals surface area contributed by atoms with Crippen molar-refractivity contribution >= 4 is 5.91 Å². The maximum Gasteiger partial charge on any atom is 0.225 e. The van der Waals surface area contributed by atoms with Gasteiger partial charge < -0.3 is 15.5 Å². The first-order valence-electron chi connectivity index (χ1n) is 7.49. The van der Waals surface area contributed by atoms with Gasteiger partial charge in [-0.15, -0.1) is 0 Å². The van der Waals surface area contributed by atoms with Crippen LogP contribution in [0.1, 0.15) is 25.7 Å². The van der Waals surface area contributed by atoms with E-state index in [9.17, 15) is 4.79 Å². The van der Waals surface area contributed by atoms with Crippen molar-refractivity contribution in [3.63, 3.8) is 0 Å². The van der Waals surface area contributed by atoms with E-state index >= 15 is 0 Å². The van der Waals surface area contributed by atoms with Crippen LogP contribution < -0.4 is 5.73 Å². The largest absolute Gasteiger partial charge is 0.341 e. The molecule has 3 aliphatic rings. The van der Waals surface area contributed by atoms with Gasteiger partial charge in [-0.1, -0.05) is 0 Å². The quantitative estimate of drug-likeness (QED) is 0.796. The molecule has 2 saturated carbocycles. The van der Waals surface area contributed by atoms with Crippen LogP contribution in [0.15, 0.2) is 0 Å². The van der Waals surface area contributed by atoms with Crippen molar-refractivity contribution in [2.45, 2.75) is 25.7 Å². The van der Waals surface area contributed by atoms with Gasteiger partial charge in [-0.3, -0.25) is 4.79 Å². The summed E-state index contributed by atoms with van der Waals surface area (Å²) in [5.74, 6) is 2.60. The summed E-state index contributed by atoms with van der Waals surface area (Å²) in [4.78, 5) is 17.0. The zero-order valence-corrected chi connectivity index (χ0v) is 11.2. The molecule has 18 heavy (non-hydrogen) atoms. The van der Waals surface area contributed by atoms with Gasteiger partial charge in [0.05, 0.1) is 0 Å². The minimum atomic E-state index is 0.356. The molecule has 0 aromatic carbocycles. The zero-order chi connectivity index (χ0) is 12.5. The Morgan fingerprint density at radius 2 is 1.83 bits per heavy atom. The minimum Gasteiger partial charge on any atom is -0.341 e. The minimum absolute atomic E-state index is 0.356. The Morgan fingerprint density at radius 3 is 2.56 bits per heavy atom. The highest BCUT2D eigenvalue weighted by Gasteiger charge is 2.48. The highest BCUT2D eigenvalue weighted by atomic mass is 16.2. The molecule has 3 rings (SSSR count). The summed E-state index contributed by atoms with van der Waals surface area (Å²) < 4.78 is 0. The fourth-order valence-corrected chi connectivity index (χ4v) is 3.77. The van der Waals surface area contributed by atoms with E-state index in [4.69, 9.17) is 5.73 Å². The van der Waals surface area contributed by atoms with Crippen LogP contribution in [-0.4, -0.2) is 55.0 Å². The van der Waals surface area contributed by atoms with Crippen molar-refractivity contribution < 1.29 is 4.79 Å². The number of rotatable bonds is 3. The molecule has 2 N–H and O–H groups in total. The van der Waals surface area contributed by atoms with Gasteiger partial charge in [0.15, 0.2) is 0 Å². The van der Waals surface area contributed by atoms with E-state index in [0.717, 1.165) is 57.5 Å². The molecular formula is C14H25N3O. The van der Waals surface area contributed by atoms with Crippen LogP contribution >= 0.6 is 0 Å². The summed E-state index contributed by atoms with van der Waals surface area (Å²) in [6.45, 7) is 5.64. The van der Waals surface area contributed by atoms with Crippen LogP contribution in [0.25, 0.3) is 0 Å². The molecule has 1 saturated heterocycles. The van der Waals surface area contributed by atoms with Gasteiger partial charge >= 0.3 is 0 Å². The summed E-state index contributed by atoms with van der Waals surface area (Å²) in [6, 6.07) is 0. The van der Waals surface area contributed by atoms with Crippen molar-refractivity contribution in [2.75, 3.05) is 39.3 Å². The molecule has 0 spiro atoms. The summed E-state index contributed by atoms with van der Waals surface area (Å²) in [5, 5.41) is 0. The highest BCUT2D eigenvalue weighted by Crippen LogP contribution is 2.54. The number of hydrogen-bond donors (Lipinski definition) is 1. The number of hydrogen-bond acceptors (Lipinski definition) is 3. The van der Waals surface area contributed by atoms with Crippen LogP contribution in [0.2, 0.25) is 0 Å². The molecule has 3 fully saturated rings. The van der Waals surface area contributed by atoms with E-state index in [2.05, 4.69) is 9.80 Å². The fraction of sp³-hybridized carbons (Fsp3) is 0.929. The molecule has 0 bridgehead atoms. The van der Waals surface area contributed by atoms with Crippen LogP contribution in [0, 0.1) is 17.8 Å². The summed E-state index contributed by atoms with van der Waals surface area (Å²) in [5.41, 5.74) is 5.60. The number of nitrogens with zero attached hydrogens (tertiary/aromatic N) is 2. The average molecular weight is 251 g/mol. The van der Waals surface area contributed by atoms with Gasteiger partial charge in [0.25, 0.3) is 0 Å². The van der Waals surface area contributed by atoms with Gasteiger partial charge in [-0.25, -0.2) is 0 Å². The van der Waals surface area contributed by atoms with E-state index < -0.39 is 0 Å². The molecule has 4 nitrogen and oxygen atoms in total. The van der Waals surface area contributed by atoms with Crippen molar-refractivity contribution in [1.29, 1.82) is 0 Å². The zero-order valence-electron chi connectivity index (χ0n) is 11.2. The lowest BCUT2D eigenvalue weighted by molar-refractivity contribution is -0.135. The lowest BCUT2D eigenvalue weighted by atomic mass is 10.0. The second-order valence-electron chi connectivity index (χ2n) is 6.23. The maximum absolute atomic E-state index is 12.5. The Kier molecular flexibility index (Phi) is 3.57. The van der Waals surface area contributed by atoms with Crippen LogP contribution in [-0.2, 0) is 4.79 Å². The van der Waals surface area contributed by atoms with E-state index in [1.54, 1.807) is 0 Å². The molecule has 102 valence electrons. The summed E-state index contributed by atoms with van der Waals surface area (Å²) in [6.07, 6.45) is 4.85. The van der Waals surface area contributed by atoms with Crippen molar-refractivity contribution in [3.05, 3.63) is 0 Å². The van der Waals surface area contributed by atoms with E-state index in [1.807, 2.05) is 0 Å². The van der Waals surface area contributed by atoms with Gasteiger partial charge in [0.2, 0.25) is 5.91 Å². The molecule has 1 amide bonds.